The molecule has 1 atom stereocenters. The minimum absolute atomic E-state index is 0.145. The number of carbonyl (C=O) groups excluding carboxylic acids is 1. The van der Waals surface area contributed by atoms with Crippen molar-refractivity contribution in [3.05, 3.63) is 30.3 Å². The quantitative estimate of drug-likeness (QED) is 0.580. The van der Waals surface area contributed by atoms with Crippen molar-refractivity contribution in [2.75, 3.05) is 0 Å². The molecule has 0 saturated carbocycles. The van der Waals surface area contributed by atoms with Gasteiger partial charge < -0.3 is 4.74 Å². The van der Waals surface area contributed by atoms with E-state index in [1.807, 2.05) is 18.2 Å². The van der Waals surface area contributed by atoms with Gasteiger partial charge in [0, 0.05) is 6.42 Å². The number of hydrogen-bond donors (Lipinski definition) is 0. The third kappa shape index (κ3) is 6.10. The maximum Gasteiger partial charge on any atom is 0.311 e. The molecule has 0 aliphatic rings. The maximum absolute atomic E-state index is 11.7. The lowest BCUT2D eigenvalue weighted by Gasteiger charge is -2.22. The van der Waals surface area contributed by atoms with Crippen LogP contribution in [0.25, 0.3) is 0 Å². The smallest absolute Gasteiger partial charge is 0.311 e. The zero-order chi connectivity index (χ0) is 12.9. The van der Waals surface area contributed by atoms with E-state index in [1.54, 1.807) is 12.1 Å². The normalized spacial score (nSPS) is 13.2. The second-order valence-electron chi connectivity index (χ2n) is 5.86. The van der Waals surface area contributed by atoms with E-state index in [0.29, 0.717) is 18.1 Å². The average molecular weight is 234 g/mol. The Morgan fingerprint density at radius 3 is 2.35 bits per heavy atom. The van der Waals surface area contributed by atoms with Gasteiger partial charge in [0.1, 0.15) is 5.75 Å². The molecule has 0 fully saturated rings. The predicted octanol–water partition coefficient (Wildman–Crippen LogP) is 4.05. The molecule has 0 spiro atoms. The van der Waals surface area contributed by atoms with E-state index >= 15 is 0 Å². The molecule has 0 amide bonds. The molecule has 1 aromatic carbocycles. The molecule has 1 aromatic rings. The Morgan fingerprint density at radius 1 is 1.24 bits per heavy atom. The summed E-state index contributed by atoms with van der Waals surface area (Å²) in [6.07, 6.45) is 1.50. The highest BCUT2D eigenvalue weighted by Gasteiger charge is 2.18. The Balaban J connectivity index is 2.40. The van der Waals surface area contributed by atoms with Crippen LogP contribution >= 0.6 is 0 Å². The third-order valence-electron chi connectivity index (χ3n) is 2.45. The highest BCUT2D eigenvalue weighted by Crippen LogP contribution is 2.26. The molecule has 0 aliphatic heterocycles. The number of benzene rings is 1. The average Bonchev–Trinajstić information content (AvgIpc) is 2.15. The molecule has 17 heavy (non-hydrogen) atoms. The lowest BCUT2D eigenvalue weighted by atomic mass is 9.84. The highest BCUT2D eigenvalue weighted by molar-refractivity contribution is 5.72. The van der Waals surface area contributed by atoms with Crippen molar-refractivity contribution < 1.29 is 9.53 Å². The summed E-state index contributed by atoms with van der Waals surface area (Å²) in [6.45, 7) is 8.65. The Bertz CT molecular complexity index is 349. The van der Waals surface area contributed by atoms with Gasteiger partial charge in [-0.1, -0.05) is 45.9 Å². The Kier molecular flexibility index (Phi) is 4.73. The largest absolute Gasteiger partial charge is 0.427 e. The van der Waals surface area contributed by atoms with Crippen molar-refractivity contribution in [1.29, 1.82) is 0 Å². The zero-order valence-corrected chi connectivity index (χ0v) is 11.2. The van der Waals surface area contributed by atoms with Gasteiger partial charge in [-0.15, -0.1) is 0 Å². The monoisotopic (exact) mass is 234 g/mol. The number of esters is 1. The van der Waals surface area contributed by atoms with Gasteiger partial charge in [0.05, 0.1) is 0 Å². The summed E-state index contributed by atoms with van der Waals surface area (Å²) in [5.41, 5.74) is 0.256. The SMILES string of the molecule is CC(CC(=O)Oc1ccccc1)CC(C)(C)C. The number of carbonyl (C=O) groups is 1. The minimum atomic E-state index is -0.145. The second-order valence-corrected chi connectivity index (χ2v) is 5.86. The van der Waals surface area contributed by atoms with Crippen molar-refractivity contribution in [3.63, 3.8) is 0 Å². The predicted molar refractivity (Wildman–Crippen MR) is 69.9 cm³/mol. The first kappa shape index (κ1) is 13.8. The summed E-state index contributed by atoms with van der Waals surface area (Å²) in [4.78, 5) is 11.7. The van der Waals surface area contributed by atoms with Crippen LogP contribution in [-0.4, -0.2) is 5.97 Å². The van der Waals surface area contributed by atoms with Crippen LogP contribution in [0.3, 0.4) is 0 Å². The standard InChI is InChI=1S/C15H22O2/c1-12(11-15(2,3)4)10-14(16)17-13-8-6-5-7-9-13/h5-9,12H,10-11H2,1-4H3. The second kappa shape index (κ2) is 5.85. The third-order valence-corrected chi connectivity index (χ3v) is 2.45. The van der Waals surface area contributed by atoms with Crippen molar-refractivity contribution in [1.82, 2.24) is 0 Å². The molecule has 2 heteroatoms. The molecule has 0 heterocycles. The molecular formula is C15H22O2. The fraction of sp³-hybridized carbons (Fsp3) is 0.533. The van der Waals surface area contributed by atoms with Crippen LogP contribution in [0.1, 0.15) is 40.5 Å². The first-order valence-electron chi connectivity index (χ1n) is 6.12. The van der Waals surface area contributed by atoms with Gasteiger partial charge in [-0.05, 0) is 29.9 Å². The van der Waals surface area contributed by atoms with E-state index in [2.05, 4.69) is 27.7 Å². The van der Waals surface area contributed by atoms with Crippen LogP contribution in [0.15, 0.2) is 30.3 Å². The molecule has 0 saturated heterocycles. The first-order chi connectivity index (χ1) is 7.87. The Morgan fingerprint density at radius 2 is 1.82 bits per heavy atom. The lowest BCUT2D eigenvalue weighted by molar-refractivity contribution is -0.135. The molecule has 1 unspecified atom stereocenters. The lowest BCUT2D eigenvalue weighted by Crippen LogP contribution is -2.17. The highest BCUT2D eigenvalue weighted by atomic mass is 16.5. The maximum atomic E-state index is 11.7. The number of rotatable bonds is 4. The van der Waals surface area contributed by atoms with Crippen LogP contribution in [0.2, 0.25) is 0 Å². The van der Waals surface area contributed by atoms with E-state index in [4.69, 9.17) is 4.74 Å². The summed E-state index contributed by atoms with van der Waals surface area (Å²) in [6, 6.07) is 9.22. The van der Waals surface area contributed by atoms with Crippen molar-refractivity contribution >= 4 is 5.97 Å². The number of ether oxygens (including phenoxy) is 1. The molecule has 0 aliphatic carbocycles. The Labute approximate surface area is 104 Å². The van der Waals surface area contributed by atoms with Crippen LogP contribution in [-0.2, 0) is 4.79 Å². The minimum Gasteiger partial charge on any atom is -0.427 e. The van der Waals surface area contributed by atoms with Crippen LogP contribution in [0.4, 0.5) is 0 Å². The summed E-state index contributed by atoms with van der Waals surface area (Å²) < 4.78 is 5.26. The van der Waals surface area contributed by atoms with Gasteiger partial charge in [0.15, 0.2) is 0 Å². The molecule has 94 valence electrons. The van der Waals surface area contributed by atoms with Gasteiger partial charge in [-0.25, -0.2) is 0 Å². The molecule has 0 bridgehead atoms. The zero-order valence-electron chi connectivity index (χ0n) is 11.2. The van der Waals surface area contributed by atoms with Crippen LogP contribution in [0, 0.1) is 11.3 Å². The van der Waals surface area contributed by atoms with E-state index in [1.165, 1.54) is 0 Å². The van der Waals surface area contributed by atoms with Crippen molar-refractivity contribution in [2.24, 2.45) is 11.3 Å². The summed E-state index contributed by atoms with van der Waals surface area (Å²) >= 11 is 0. The number of para-hydroxylation sites is 1. The topological polar surface area (TPSA) is 26.3 Å². The molecule has 0 aromatic heterocycles. The van der Waals surface area contributed by atoms with Gasteiger partial charge in [0.25, 0.3) is 0 Å². The van der Waals surface area contributed by atoms with E-state index in [0.717, 1.165) is 6.42 Å². The van der Waals surface area contributed by atoms with Gasteiger partial charge in [-0.3, -0.25) is 4.79 Å². The van der Waals surface area contributed by atoms with Gasteiger partial charge in [0.2, 0.25) is 0 Å². The van der Waals surface area contributed by atoms with Gasteiger partial charge in [-0.2, -0.15) is 0 Å². The molecule has 1 rings (SSSR count). The fourth-order valence-electron chi connectivity index (χ4n) is 2.06. The molecule has 0 N–H and O–H groups in total. The van der Waals surface area contributed by atoms with Crippen molar-refractivity contribution in [2.45, 2.75) is 40.5 Å². The summed E-state index contributed by atoms with van der Waals surface area (Å²) in [7, 11) is 0. The van der Waals surface area contributed by atoms with Crippen LogP contribution in [0.5, 0.6) is 5.75 Å². The molecule has 2 nitrogen and oxygen atoms in total. The summed E-state index contributed by atoms with van der Waals surface area (Å²) in [5, 5.41) is 0. The number of hydrogen-bond acceptors (Lipinski definition) is 2. The van der Waals surface area contributed by atoms with Gasteiger partial charge >= 0.3 is 5.97 Å². The molecule has 0 radical (unpaired) electrons. The molecular weight excluding hydrogens is 212 g/mol. The van der Waals surface area contributed by atoms with Crippen LogP contribution < -0.4 is 4.74 Å². The summed E-state index contributed by atoms with van der Waals surface area (Å²) in [5.74, 6) is 0.833. The fourth-order valence-corrected chi connectivity index (χ4v) is 2.06. The first-order valence-corrected chi connectivity index (χ1v) is 6.12. The van der Waals surface area contributed by atoms with Crippen molar-refractivity contribution in [3.8, 4) is 5.75 Å². The van der Waals surface area contributed by atoms with E-state index in [9.17, 15) is 4.79 Å². The Hall–Kier alpha value is -1.31. The van der Waals surface area contributed by atoms with E-state index in [-0.39, 0.29) is 11.4 Å². The van der Waals surface area contributed by atoms with E-state index < -0.39 is 0 Å².